The molecule has 0 aliphatic carbocycles. The number of aryl methyl sites for hydroxylation is 1. The van der Waals surface area contributed by atoms with Gasteiger partial charge in [-0.25, -0.2) is 0 Å². The standard InChI is InChI=1S/C24H29NO5S/c1-29-20-10-8-18(9-11-20)15-25-22(16-31-23(25)27)24(28)14-19(26)13-21(30-24)12-7-17-5-3-2-4-6-17/h2-6,8-11,19,21-22,26,28H,7,12-16H2,1H3/t19-,21+,22?,24+/m0/s1. The first kappa shape index (κ1) is 22.1. The van der Waals surface area contributed by atoms with Crippen LogP contribution in [0.2, 0.25) is 0 Å². The minimum Gasteiger partial charge on any atom is -0.497 e. The van der Waals surface area contributed by atoms with Gasteiger partial charge in [-0.15, -0.1) is 0 Å². The molecule has 2 aliphatic rings. The van der Waals surface area contributed by atoms with Gasteiger partial charge in [-0.1, -0.05) is 54.2 Å². The van der Waals surface area contributed by atoms with Gasteiger partial charge in [0.1, 0.15) is 5.75 Å². The number of methoxy groups -OCH3 is 1. The highest BCUT2D eigenvalue weighted by Crippen LogP contribution is 2.40. The summed E-state index contributed by atoms with van der Waals surface area (Å²) in [4.78, 5) is 14.3. The van der Waals surface area contributed by atoms with Gasteiger partial charge in [0.25, 0.3) is 5.24 Å². The van der Waals surface area contributed by atoms with Crippen LogP contribution in [0, 0.1) is 0 Å². The zero-order chi connectivity index (χ0) is 21.8. The minimum absolute atomic E-state index is 0.0845. The fourth-order valence-corrected chi connectivity index (χ4v) is 5.50. The van der Waals surface area contributed by atoms with Crippen molar-refractivity contribution in [3.05, 3.63) is 65.7 Å². The third-order valence-corrected chi connectivity index (χ3v) is 7.00. The molecule has 0 bridgehead atoms. The molecule has 4 rings (SSSR count). The molecule has 2 fully saturated rings. The molecule has 7 heteroatoms. The van der Waals surface area contributed by atoms with Crippen molar-refractivity contribution in [2.24, 2.45) is 0 Å². The maximum absolute atomic E-state index is 12.6. The number of thioether (sulfide) groups is 1. The number of benzene rings is 2. The third-order valence-electron chi connectivity index (χ3n) is 6.04. The third kappa shape index (κ3) is 5.23. The first-order valence-electron chi connectivity index (χ1n) is 10.7. The Hall–Kier alpha value is -2.06. The number of carbonyl (C=O) groups excluding carboxylic acids is 1. The number of hydrogen-bond acceptors (Lipinski definition) is 6. The van der Waals surface area contributed by atoms with Gasteiger partial charge in [0.05, 0.1) is 25.4 Å². The summed E-state index contributed by atoms with van der Waals surface area (Å²) in [6.07, 6.45) is 1.17. The summed E-state index contributed by atoms with van der Waals surface area (Å²) in [5.74, 6) is -0.380. The number of rotatable bonds is 7. The van der Waals surface area contributed by atoms with Crippen LogP contribution in [0.15, 0.2) is 54.6 Å². The van der Waals surface area contributed by atoms with E-state index in [1.165, 1.54) is 17.3 Å². The Morgan fingerprint density at radius 1 is 1.16 bits per heavy atom. The smallest absolute Gasteiger partial charge is 0.282 e. The maximum atomic E-state index is 12.6. The minimum atomic E-state index is -1.56. The molecule has 2 saturated heterocycles. The molecule has 0 radical (unpaired) electrons. The molecule has 1 unspecified atom stereocenters. The molecule has 2 N–H and O–H groups in total. The van der Waals surface area contributed by atoms with Crippen molar-refractivity contribution in [3.8, 4) is 5.75 Å². The molecule has 2 heterocycles. The molecule has 2 aromatic rings. The van der Waals surface area contributed by atoms with Crippen LogP contribution in [0.25, 0.3) is 0 Å². The molecule has 31 heavy (non-hydrogen) atoms. The van der Waals surface area contributed by atoms with Crippen LogP contribution in [0.3, 0.4) is 0 Å². The van der Waals surface area contributed by atoms with E-state index in [1.54, 1.807) is 12.0 Å². The summed E-state index contributed by atoms with van der Waals surface area (Å²) in [5.41, 5.74) is 2.14. The van der Waals surface area contributed by atoms with Crippen molar-refractivity contribution in [2.45, 2.75) is 56.3 Å². The van der Waals surface area contributed by atoms with Gasteiger partial charge in [-0.05, 0) is 42.5 Å². The lowest BCUT2D eigenvalue weighted by molar-refractivity contribution is -0.292. The van der Waals surface area contributed by atoms with Crippen LogP contribution < -0.4 is 4.74 Å². The first-order valence-corrected chi connectivity index (χ1v) is 11.6. The number of amides is 1. The van der Waals surface area contributed by atoms with E-state index < -0.39 is 17.9 Å². The fourth-order valence-electron chi connectivity index (χ4n) is 4.40. The van der Waals surface area contributed by atoms with Gasteiger partial charge in [0, 0.05) is 18.7 Å². The first-order chi connectivity index (χ1) is 15.0. The van der Waals surface area contributed by atoms with Crippen LogP contribution in [-0.4, -0.2) is 57.3 Å². The molecule has 0 aromatic heterocycles. The largest absolute Gasteiger partial charge is 0.497 e. The highest BCUT2D eigenvalue weighted by atomic mass is 32.2. The van der Waals surface area contributed by atoms with E-state index in [2.05, 4.69) is 12.1 Å². The number of nitrogens with zero attached hydrogens (tertiary/aromatic N) is 1. The van der Waals surface area contributed by atoms with Gasteiger partial charge in [-0.3, -0.25) is 4.79 Å². The van der Waals surface area contributed by atoms with E-state index in [4.69, 9.17) is 9.47 Å². The Labute approximate surface area is 187 Å². The van der Waals surface area contributed by atoms with Crippen LogP contribution in [0.1, 0.15) is 30.4 Å². The zero-order valence-electron chi connectivity index (χ0n) is 17.6. The number of carbonyl (C=O) groups is 1. The second kappa shape index (κ2) is 9.61. The summed E-state index contributed by atoms with van der Waals surface area (Å²) >= 11 is 1.19. The predicted molar refractivity (Wildman–Crippen MR) is 120 cm³/mol. The molecular weight excluding hydrogens is 414 g/mol. The highest BCUT2D eigenvalue weighted by molar-refractivity contribution is 8.13. The normalized spacial score (nSPS) is 28.7. The van der Waals surface area contributed by atoms with Gasteiger partial charge < -0.3 is 24.6 Å². The monoisotopic (exact) mass is 443 g/mol. The number of ether oxygens (including phenoxy) is 2. The number of aliphatic hydroxyl groups is 2. The Balaban J connectivity index is 1.46. The van der Waals surface area contributed by atoms with Crippen LogP contribution in [0.5, 0.6) is 5.75 Å². The molecule has 2 aliphatic heterocycles. The second-order valence-electron chi connectivity index (χ2n) is 8.27. The average Bonchev–Trinajstić information content (AvgIpc) is 3.14. The van der Waals surface area contributed by atoms with Crippen molar-refractivity contribution < 1.29 is 24.5 Å². The fraction of sp³-hybridized carbons (Fsp3) is 0.458. The Kier molecular flexibility index (Phi) is 6.86. The Bertz CT molecular complexity index is 877. The lowest BCUT2D eigenvalue weighted by Crippen LogP contribution is -2.59. The topological polar surface area (TPSA) is 79.2 Å². The van der Waals surface area contributed by atoms with Gasteiger partial charge in [-0.2, -0.15) is 0 Å². The Morgan fingerprint density at radius 3 is 2.61 bits per heavy atom. The van der Waals surface area contributed by atoms with Gasteiger partial charge in [0.15, 0.2) is 5.79 Å². The molecule has 2 aromatic carbocycles. The van der Waals surface area contributed by atoms with Crippen molar-refractivity contribution in [1.29, 1.82) is 0 Å². The molecule has 0 spiro atoms. The van der Waals surface area contributed by atoms with E-state index in [-0.39, 0.29) is 17.8 Å². The second-order valence-corrected chi connectivity index (χ2v) is 9.24. The van der Waals surface area contributed by atoms with Crippen molar-refractivity contribution in [2.75, 3.05) is 12.9 Å². The van der Waals surface area contributed by atoms with E-state index in [0.717, 1.165) is 17.7 Å². The zero-order valence-corrected chi connectivity index (χ0v) is 18.5. The van der Waals surface area contributed by atoms with Crippen molar-refractivity contribution in [3.63, 3.8) is 0 Å². The summed E-state index contributed by atoms with van der Waals surface area (Å²) < 4.78 is 11.4. The van der Waals surface area contributed by atoms with Gasteiger partial charge >= 0.3 is 0 Å². The SMILES string of the molecule is COc1ccc(CN2C(=O)SCC2[C@@]2(O)C[C@@H](O)C[C@@H](CCc3ccccc3)O2)cc1. The molecule has 6 nitrogen and oxygen atoms in total. The lowest BCUT2D eigenvalue weighted by Gasteiger charge is -2.45. The molecule has 1 amide bonds. The number of aliphatic hydroxyl groups excluding tert-OH is 1. The lowest BCUT2D eigenvalue weighted by atomic mass is 9.90. The molecule has 4 atom stereocenters. The summed E-state index contributed by atoms with van der Waals surface area (Å²) in [6, 6.07) is 17.1. The summed E-state index contributed by atoms with van der Waals surface area (Å²) in [6.45, 7) is 0.372. The van der Waals surface area contributed by atoms with E-state index >= 15 is 0 Å². The summed E-state index contributed by atoms with van der Waals surface area (Å²) in [7, 11) is 1.61. The van der Waals surface area contributed by atoms with Crippen LogP contribution in [0.4, 0.5) is 4.79 Å². The van der Waals surface area contributed by atoms with Crippen molar-refractivity contribution >= 4 is 17.0 Å². The highest BCUT2D eigenvalue weighted by Gasteiger charge is 2.51. The van der Waals surface area contributed by atoms with Gasteiger partial charge in [0.2, 0.25) is 0 Å². The number of hydrogen-bond donors (Lipinski definition) is 2. The quantitative estimate of drug-likeness (QED) is 0.681. The molecular formula is C24H29NO5S. The molecule has 166 valence electrons. The van der Waals surface area contributed by atoms with Crippen LogP contribution in [-0.2, 0) is 17.7 Å². The summed E-state index contributed by atoms with van der Waals surface area (Å²) in [5, 5.41) is 21.9. The van der Waals surface area contributed by atoms with Crippen LogP contribution >= 0.6 is 11.8 Å². The van der Waals surface area contributed by atoms with E-state index in [0.29, 0.717) is 25.1 Å². The molecule has 0 saturated carbocycles. The predicted octanol–water partition coefficient (Wildman–Crippen LogP) is 3.59. The van der Waals surface area contributed by atoms with Crippen molar-refractivity contribution in [1.82, 2.24) is 4.90 Å². The van der Waals surface area contributed by atoms with E-state index in [1.807, 2.05) is 42.5 Å². The maximum Gasteiger partial charge on any atom is 0.282 e. The van der Waals surface area contributed by atoms with E-state index in [9.17, 15) is 15.0 Å². The Morgan fingerprint density at radius 2 is 1.90 bits per heavy atom. The average molecular weight is 444 g/mol.